The van der Waals surface area contributed by atoms with Crippen LogP contribution in [0.25, 0.3) is 0 Å². The summed E-state index contributed by atoms with van der Waals surface area (Å²) in [6.45, 7) is 23.4. The second-order valence-corrected chi connectivity index (χ2v) is 14.8. The van der Waals surface area contributed by atoms with E-state index in [1.165, 1.54) is 0 Å². The van der Waals surface area contributed by atoms with Crippen LogP contribution in [0.5, 0.6) is 0 Å². The van der Waals surface area contributed by atoms with E-state index in [2.05, 4.69) is 47.8 Å². The van der Waals surface area contributed by atoms with E-state index in [1.807, 2.05) is 16.7 Å². The van der Waals surface area contributed by atoms with Crippen molar-refractivity contribution in [2.75, 3.05) is 26.2 Å². The zero-order valence-electron chi connectivity index (χ0n) is 24.5. The Balaban J connectivity index is 2.09. The highest BCUT2D eigenvalue weighted by Crippen LogP contribution is 2.67. The number of amides is 3. The van der Waals surface area contributed by atoms with Crippen LogP contribution in [0.2, 0.25) is 0 Å². The number of rotatable bonds is 12. The van der Waals surface area contributed by atoms with Gasteiger partial charge in [0, 0.05) is 30.4 Å². The molecule has 3 amide bonds. The van der Waals surface area contributed by atoms with Gasteiger partial charge in [-0.3, -0.25) is 14.4 Å². The van der Waals surface area contributed by atoms with E-state index in [4.69, 9.17) is 0 Å². The molecule has 214 valence electrons. The van der Waals surface area contributed by atoms with Gasteiger partial charge in [0.05, 0.1) is 29.2 Å². The maximum atomic E-state index is 14.7. The molecule has 3 heterocycles. The predicted octanol–water partition coefficient (Wildman–Crippen LogP) is 4.11. The molecule has 0 saturated carbocycles. The van der Waals surface area contributed by atoms with Crippen LogP contribution in [-0.2, 0) is 14.4 Å². The predicted molar refractivity (Wildman–Crippen MR) is 155 cm³/mol. The van der Waals surface area contributed by atoms with Gasteiger partial charge in [-0.2, -0.15) is 0 Å². The van der Waals surface area contributed by atoms with Crippen molar-refractivity contribution in [2.24, 2.45) is 17.3 Å². The fraction of sp³-hybridized carbons (Fsp3) is 0.767. The fourth-order valence-corrected chi connectivity index (χ4v) is 9.64. The lowest BCUT2D eigenvalue weighted by Crippen LogP contribution is -2.61. The van der Waals surface area contributed by atoms with Crippen molar-refractivity contribution in [3.8, 4) is 0 Å². The molecule has 7 nitrogen and oxygen atoms in total. The average Bonchev–Trinajstić information content (AvgIpc) is 3.46. The minimum atomic E-state index is -0.729. The molecular weight excluding hydrogens is 498 g/mol. The number of carbonyl (C=O) groups excluding carboxylic acids is 3. The molecule has 1 spiro atoms. The Labute approximate surface area is 234 Å². The Bertz CT molecular complexity index is 944. The van der Waals surface area contributed by atoms with Gasteiger partial charge in [-0.05, 0) is 51.9 Å². The van der Waals surface area contributed by atoms with Gasteiger partial charge in [-0.25, -0.2) is 0 Å². The van der Waals surface area contributed by atoms with Gasteiger partial charge in [0.15, 0.2) is 0 Å². The Hall–Kier alpha value is -1.80. The van der Waals surface area contributed by atoms with Gasteiger partial charge in [-0.15, -0.1) is 24.9 Å². The molecule has 3 saturated heterocycles. The van der Waals surface area contributed by atoms with Gasteiger partial charge in [0.2, 0.25) is 17.7 Å². The van der Waals surface area contributed by atoms with Gasteiger partial charge in [-0.1, -0.05) is 39.8 Å². The molecule has 0 aromatic rings. The molecule has 0 aliphatic carbocycles. The molecule has 2 bridgehead atoms. The first kappa shape index (κ1) is 30.7. The molecule has 8 heteroatoms. The van der Waals surface area contributed by atoms with Crippen molar-refractivity contribution in [3.63, 3.8) is 0 Å². The number of likely N-dealkylation sites (tertiary alicyclic amines) is 1. The monoisotopic (exact) mass is 547 g/mol. The van der Waals surface area contributed by atoms with Crippen LogP contribution in [0, 0.1) is 17.3 Å². The van der Waals surface area contributed by atoms with Crippen molar-refractivity contribution < 1.29 is 19.5 Å². The largest absolute Gasteiger partial charge is 0.394 e. The molecule has 3 fully saturated rings. The third-order valence-electron chi connectivity index (χ3n) is 8.42. The fourth-order valence-electron chi connectivity index (χ4n) is 7.45. The lowest BCUT2D eigenvalue weighted by Gasteiger charge is -2.46. The first-order valence-electron chi connectivity index (χ1n) is 14.1. The summed E-state index contributed by atoms with van der Waals surface area (Å²) < 4.78 is -0.675. The number of aliphatic hydroxyl groups excluding tert-OH is 1. The van der Waals surface area contributed by atoms with Crippen molar-refractivity contribution in [2.45, 2.75) is 102 Å². The molecule has 0 radical (unpaired) electrons. The van der Waals surface area contributed by atoms with Gasteiger partial charge >= 0.3 is 0 Å². The maximum Gasteiger partial charge on any atom is 0.247 e. The van der Waals surface area contributed by atoms with E-state index in [0.717, 1.165) is 19.3 Å². The summed E-state index contributed by atoms with van der Waals surface area (Å²) in [6, 6.07) is -1.25. The first-order chi connectivity index (χ1) is 17.7. The normalized spacial score (nSPS) is 29.3. The molecule has 1 N–H and O–H groups in total. The molecule has 3 rings (SSSR count). The number of nitrogens with zero attached hydrogens (tertiary/aromatic N) is 3. The summed E-state index contributed by atoms with van der Waals surface area (Å²) in [4.78, 5) is 48.1. The van der Waals surface area contributed by atoms with Gasteiger partial charge in [0.1, 0.15) is 6.04 Å². The number of fused-ring (bicyclic) bond motifs is 1. The number of thioether (sulfide) groups is 1. The average molecular weight is 548 g/mol. The third kappa shape index (κ3) is 5.32. The zero-order valence-corrected chi connectivity index (χ0v) is 25.4. The third-order valence-corrected chi connectivity index (χ3v) is 10.4. The number of hydrogen-bond donors (Lipinski definition) is 1. The first-order valence-corrected chi connectivity index (χ1v) is 15.0. The van der Waals surface area contributed by atoms with Crippen LogP contribution in [0.15, 0.2) is 25.3 Å². The van der Waals surface area contributed by atoms with E-state index >= 15 is 0 Å². The molecule has 2 unspecified atom stereocenters. The quantitative estimate of drug-likeness (QED) is 0.372. The Kier molecular flexibility index (Phi) is 9.19. The van der Waals surface area contributed by atoms with Crippen LogP contribution >= 0.6 is 11.8 Å². The highest BCUT2D eigenvalue weighted by Gasteiger charge is 2.74. The van der Waals surface area contributed by atoms with Gasteiger partial charge < -0.3 is 19.8 Å². The molecule has 38 heavy (non-hydrogen) atoms. The second-order valence-electron chi connectivity index (χ2n) is 13.2. The number of carbonyl (C=O) groups is 3. The van der Waals surface area contributed by atoms with Crippen molar-refractivity contribution >= 4 is 29.5 Å². The smallest absolute Gasteiger partial charge is 0.247 e. The standard InChI is InChI=1S/C30H49N3O4S/c1-10-15-31(16-11-2)25(35)22-21-13-14-30(38-21)23(22)26(36)33(20(4)18-34)24(30)27(37)32(17-12-3)29(8,9)19-28(5,6)7/h10,12,20-24,34H,1,3,11,13-19H2,2,4-9H3/t20-,21-,22+,23+,24?,30?/m1/s1. The molecule has 3 aliphatic heterocycles. The highest BCUT2D eigenvalue weighted by molar-refractivity contribution is 8.02. The van der Waals surface area contributed by atoms with E-state index < -0.39 is 34.2 Å². The number of aliphatic hydroxyl groups is 1. The Morgan fingerprint density at radius 2 is 1.82 bits per heavy atom. The van der Waals surface area contributed by atoms with Crippen molar-refractivity contribution in [3.05, 3.63) is 25.3 Å². The zero-order chi connectivity index (χ0) is 28.6. The lowest BCUT2D eigenvalue weighted by atomic mass is 9.70. The molecule has 0 aromatic carbocycles. The summed E-state index contributed by atoms with van der Waals surface area (Å²) >= 11 is 1.68. The minimum Gasteiger partial charge on any atom is -0.394 e. The summed E-state index contributed by atoms with van der Waals surface area (Å²) in [5.74, 6) is -1.31. The SMILES string of the molecule is C=CCN(CCC)C(=O)[C@@H]1[C@H]2C(=O)N([C@H](C)CO)C(C(=O)N(CC=C)C(C)(C)CC(C)(C)C)C23CC[C@H]1S3. The topological polar surface area (TPSA) is 81.2 Å². The van der Waals surface area contributed by atoms with Crippen LogP contribution in [-0.4, -0.2) is 91.4 Å². The van der Waals surface area contributed by atoms with Crippen LogP contribution in [0.4, 0.5) is 0 Å². The number of hydrogen-bond acceptors (Lipinski definition) is 5. The van der Waals surface area contributed by atoms with Crippen LogP contribution < -0.4 is 0 Å². The Morgan fingerprint density at radius 1 is 1.18 bits per heavy atom. The Morgan fingerprint density at radius 3 is 2.34 bits per heavy atom. The van der Waals surface area contributed by atoms with Crippen molar-refractivity contribution in [1.82, 2.24) is 14.7 Å². The summed E-state index contributed by atoms with van der Waals surface area (Å²) in [5, 5.41) is 10.2. The van der Waals surface area contributed by atoms with Crippen LogP contribution in [0.1, 0.15) is 74.1 Å². The van der Waals surface area contributed by atoms with E-state index in [0.29, 0.717) is 26.1 Å². The van der Waals surface area contributed by atoms with E-state index in [9.17, 15) is 19.5 Å². The molecule has 6 atom stereocenters. The summed E-state index contributed by atoms with van der Waals surface area (Å²) in [6.07, 6.45) is 6.59. The molecular formula is C30H49N3O4S. The molecule has 3 aliphatic rings. The van der Waals surface area contributed by atoms with Gasteiger partial charge in [0.25, 0.3) is 0 Å². The molecule has 0 aromatic heterocycles. The van der Waals surface area contributed by atoms with Crippen LogP contribution in [0.3, 0.4) is 0 Å². The summed E-state index contributed by atoms with van der Waals surface area (Å²) in [5.41, 5.74) is -0.493. The van der Waals surface area contributed by atoms with Crippen molar-refractivity contribution in [1.29, 1.82) is 0 Å². The lowest BCUT2D eigenvalue weighted by molar-refractivity contribution is -0.149. The minimum absolute atomic E-state index is 0.00937. The van der Waals surface area contributed by atoms with E-state index in [-0.39, 0.29) is 35.0 Å². The maximum absolute atomic E-state index is 14.7. The summed E-state index contributed by atoms with van der Waals surface area (Å²) in [7, 11) is 0. The van der Waals surface area contributed by atoms with E-state index in [1.54, 1.807) is 35.7 Å². The second kappa shape index (κ2) is 11.4. The highest BCUT2D eigenvalue weighted by atomic mass is 32.2.